The molecule has 3 N–H and O–H groups in total. The number of methoxy groups -OCH3 is 1. The van der Waals surface area contributed by atoms with Gasteiger partial charge in [0, 0.05) is 18.8 Å². The molecule has 78 valence electrons. The van der Waals surface area contributed by atoms with E-state index < -0.39 is 0 Å². The lowest BCUT2D eigenvalue weighted by Gasteiger charge is -2.03. The molecule has 0 atom stereocenters. The molecule has 0 spiro atoms. The van der Waals surface area contributed by atoms with Gasteiger partial charge in [0.15, 0.2) is 0 Å². The third-order valence-electron chi connectivity index (χ3n) is 2.49. The van der Waals surface area contributed by atoms with Crippen molar-refractivity contribution in [2.24, 2.45) is 12.8 Å². The number of rotatable bonds is 2. The highest BCUT2D eigenvalue weighted by atomic mass is 16.5. The monoisotopic (exact) mass is 203 g/mol. The van der Waals surface area contributed by atoms with E-state index in [0.29, 0.717) is 5.56 Å². The lowest BCUT2D eigenvalue weighted by atomic mass is 10.1. The average molecular weight is 203 g/mol. The standard InChI is InChI=1S/C11H13N3O/c1-14-6-7(11(12)13)10-8(14)4-3-5-9(10)15-2/h3-6H,1-2H3,(H3,12,13). The second-order valence-electron chi connectivity index (χ2n) is 3.42. The smallest absolute Gasteiger partial charge is 0.128 e. The quantitative estimate of drug-likeness (QED) is 0.573. The molecule has 0 aliphatic heterocycles. The first-order chi connectivity index (χ1) is 7.15. The molecule has 4 nitrogen and oxygen atoms in total. The van der Waals surface area contributed by atoms with E-state index in [0.717, 1.165) is 16.7 Å². The van der Waals surface area contributed by atoms with E-state index >= 15 is 0 Å². The number of hydrogen-bond donors (Lipinski definition) is 2. The van der Waals surface area contributed by atoms with Gasteiger partial charge in [0.05, 0.1) is 18.0 Å². The molecule has 0 amide bonds. The highest BCUT2D eigenvalue weighted by molar-refractivity contribution is 6.09. The van der Waals surface area contributed by atoms with Gasteiger partial charge < -0.3 is 15.0 Å². The number of nitrogens with zero attached hydrogens (tertiary/aromatic N) is 1. The summed E-state index contributed by atoms with van der Waals surface area (Å²) in [5.74, 6) is 0.809. The molecule has 1 heterocycles. The van der Waals surface area contributed by atoms with Crippen molar-refractivity contribution in [1.82, 2.24) is 4.57 Å². The molecule has 1 aromatic heterocycles. The van der Waals surface area contributed by atoms with Crippen LogP contribution in [0.2, 0.25) is 0 Å². The minimum atomic E-state index is 0.0603. The first kappa shape index (κ1) is 9.58. The van der Waals surface area contributed by atoms with E-state index in [2.05, 4.69) is 0 Å². The maximum absolute atomic E-state index is 7.51. The fourth-order valence-electron chi connectivity index (χ4n) is 1.79. The van der Waals surface area contributed by atoms with E-state index in [-0.39, 0.29) is 5.84 Å². The molecule has 0 fully saturated rings. The zero-order chi connectivity index (χ0) is 11.0. The predicted molar refractivity (Wildman–Crippen MR) is 60.5 cm³/mol. The number of aryl methyl sites for hydroxylation is 1. The fourth-order valence-corrected chi connectivity index (χ4v) is 1.79. The third kappa shape index (κ3) is 1.34. The zero-order valence-electron chi connectivity index (χ0n) is 8.74. The van der Waals surface area contributed by atoms with Crippen LogP contribution < -0.4 is 10.5 Å². The molecular weight excluding hydrogens is 190 g/mol. The van der Waals surface area contributed by atoms with E-state index in [1.54, 1.807) is 7.11 Å². The van der Waals surface area contributed by atoms with Gasteiger partial charge in [-0.05, 0) is 12.1 Å². The Morgan fingerprint density at radius 1 is 1.47 bits per heavy atom. The summed E-state index contributed by atoms with van der Waals surface area (Å²) in [7, 11) is 3.54. The van der Waals surface area contributed by atoms with Crippen molar-refractivity contribution < 1.29 is 4.74 Å². The normalized spacial score (nSPS) is 10.5. The number of nitrogen functional groups attached to an aromatic ring is 1. The van der Waals surface area contributed by atoms with Crippen LogP contribution in [0.3, 0.4) is 0 Å². The van der Waals surface area contributed by atoms with Crippen LogP contribution in [0.15, 0.2) is 24.4 Å². The largest absolute Gasteiger partial charge is 0.496 e. The van der Waals surface area contributed by atoms with Gasteiger partial charge >= 0.3 is 0 Å². The first-order valence-corrected chi connectivity index (χ1v) is 4.61. The number of hydrogen-bond acceptors (Lipinski definition) is 2. The van der Waals surface area contributed by atoms with Gasteiger partial charge in [-0.3, -0.25) is 5.41 Å². The minimum Gasteiger partial charge on any atom is -0.496 e. The topological polar surface area (TPSA) is 64.0 Å². The van der Waals surface area contributed by atoms with E-state index in [9.17, 15) is 0 Å². The highest BCUT2D eigenvalue weighted by Crippen LogP contribution is 2.29. The predicted octanol–water partition coefficient (Wildman–Crippen LogP) is 1.47. The summed E-state index contributed by atoms with van der Waals surface area (Å²) in [6.45, 7) is 0. The molecule has 0 aliphatic carbocycles. The maximum Gasteiger partial charge on any atom is 0.128 e. The first-order valence-electron chi connectivity index (χ1n) is 4.61. The third-order valence-corrected chi connectivity index (χ3v) is 2.49. The summed E-state index contributed by atoms with van der Waals surface area (Å²) < 4.78 is 7.21. The summed E-state index contributed by atoms with van der Waals surface area (Å²) in [6.07, 6.45) is 1.84. The Balaban J connectivity index is 2.88. The number of amidine groups is 1. The number of benzene rings is 1. The molecule has 0 unspecified atom stereocenters. The van der Waals surface area contributed by atoms with Crippen molar-refractivity contribution in [2.75, 3.05) is 7.11 Å². The summed E-state index contributed by atoms with van der Waals surface area (Å²) >= 11 is 0. The lowest BCUT2D eigenvalue weighted by Crippen LogP contribution is -2.10. The molecule has 4 heteroatoms. The van der Waals surface area contributed by atoms with Crippen LogP contribution in [0, 0.1) is 5.41 Å². The Morgan fingerprint density at radius 2 is 2.20 bits per heavy atom. The minimum absolute atomic E-state index is 0.0603. The highest BCUT2D eigenvalue weighted by Gasteiger charge is 2.12. The Morgan fingerprint density at radius 3 is 2.80 bits per heavy atom. The summed E-state index contributed by atoms with van der Waals surface area (Å²) in [5.41, 5.74) is 7.26. The van der Waals surface area contributed by atoms with Crippen LogP contribution >= 0.6 is 0 Å². The molecular formula is C11H13N3O. The van der Waals surface area contributed by atoms with E-state index in [1.165, 1.54) is 0 Å². The Labute approximate surface area is 87.8 Å². The Hall–Kier alpha value is -1.97. The van der Waals surface area contributed by atoms with Crippen LogP contribution in [0.1, 0.15) is 5.56 Å². The molecule has 0 aliphatic rings. The summed E-state index contributed by atoms with van der Waals surface area (Å²) in [6, 6.07) is 5.77. The van der Waals surface area contributed by atoms with E-state index in [1.807, 2.05) is 36.0 Å². The number of aromatic nitrogens is 1. The van der Waals surface area contributed by atoms with Crippen LogP contribution in [0.25, 0.3) is 10.9 Å². The summed E-state index contributed by atoms with van der Waals surface area (Å²) in [4.78, 5) is 0. The molecule has 1 aromatic carbocycles. The van der Waals surface area contributed by atoms with Crippen LogP contribution in [0.5, 0.6) is 5.75 Å². The summed E-state index contributed by atoms with van der Waals surface area (Å²) in [5, 5.41) is 8.41. The maximum atomic E-state index is 7.51. The van der Waals surface area contributed by atoms with Crippen molar-refractivity contribution in [2.45, 2.75) is 0 Å². The van der Waals surface area contributed by atoms with Gasteiger partial charge in [-0.2, -0.15) is 0 Å². The van der Waals surface area contributed by atoms with Gasteiger partial charge in [0.2, 0.25) is 0 Å². The van der Waals surface area contributed by atoms with Gasteiger partial charge in [-0.25, -0.2) is 0 Å². The molecule has 0 bridgehead atoms. The SMILES string of the molecule is COc1cccc2c1c(C(=N)N)cn2C. The molecule has 15 heavy (non-hydrogen) atoms. The van der Waals surface area contributed by atoms with Gasteiger partial charge in [0.1, 0.15) is 11.6 Å². The fraction of sp³-hybridized carbons (Fsp3) is 0.182. The molecule has 2 aromatic rings. The van der Waals surface area contributed by atoms with Gasteiger partial charge in [-0.15, -0.1) is 0 Å². The average Bonchev–Trinajstić information content (AvgIpc) is 2.56. The van der Waals surface area contributed by atoms with Crippen LogP contribution in [-0.4, -0.2) is 17.5 Å². The van der Waals surface area contributed by atoms with Crippen molar-refractivity contribution >= 4 is 16.7 Å². The van der Waals surface area contributed by atoms with Gasteiger partial charge in [-0.1, -0.05) is 6.07 Å². The number of nitrogens with one attached hydrogen (secondary N) is 1. The van der Waals surface area contributed by atoms with Crippen molar-refractivity contribution in [3.8, 4) is 5.75 Å². The molecule has 0 radical (unpaired) electrons. The van der Waals surface area contributed by atoms with E-state index in [4.69, 9.17) is 15.9 Å². The number of fused-ring (bicyclic) bond motifs is 1. The molecule has 0 saturated heterocycles. The molecule has 0 saturated carbocycles. The Bertz CT molecular complexity index is 528. The second kappa shape index (κ2) is 3.31. The lowest BCUT2D eigenvalue weighted by molar-refractivity contribution is 0.420. The van der Waals surface area contributed by atoms with Crippen LogP contribution in [0.4, 0.5) is 0 Å². The van der Waals surface area contributed by atoms with Crippen LogP contribution in [-0.2, 0) is 7.05 Å². The Kier molecular flexibility index (Phi) is 2.11. The number of ether oxygens (including phenoxy) is 1. The van der Waals surface area contributed by atoms with Crippen molar-refractivity contribution in [1.29, 1.82) is 5.41 Å². The second-order valence-corrected chi connectivity index (χ2v) is 3.42. The number of nitrogens with two attached hydrogens (primary N) is 1. The zero-order valence-corrected chi connectivity index (χ0v) is 8.74. The molecule has 2 rings (SSSR count). The van der Waals surface area contributed by atoms with Gasteiger partial charge in [0.25, 0.3) is 0 Å². The van der Waals surface area contributed by atoms with Crippen molar-refractivity contribution in [3.05, 3.63) is 30.0 Å². The van der Waals surface area contributed by atoms with Crippen molar-refractivity contribution in [3.63, 3.8) is 0 Å².